The van der Waals surface area contributed by atoms with Crippen LogP contribution in [0.4, 0.5) is 11.4 Å². The third-order valence-electron chi connectivity index (χ3n) is 8.44. The Labute approximate surface area is 347 Å². The second-order valence-electron chi connectivity index (χ2n) is 11.8. The average molecular weight is 838 g/mol. The Morgan fingerprint density at radius 2 is 1.05 bits per heavy atom. The zero-order valence-electron chi connectivity index (χ0n) is 29.9. The molecule has 2 atom stereocenters. The average Bonchev–Trinajstić information content (AvgIpc) is 3.85. The smallest absolute Gasteiger partial charge is 0.493 e. The fourth-order valence-electron chi connectivity index (χ4n) is 5.68. The molecule has 0 aromatic carbocycles. The van der Waals surface area contributed by atoms with Gasteiger partial charge in [-0.15, -0.1) is 0 Å². The molecule has 2 saturated heterocycles. The van der Waals surface area contributed by atoms with Crippen molar-refractivity contribution in [3.8, 4) is 11.8 Å². The standard InChI is InChI=1S/2C17H17ClN5O3S.Mg/c2*1-25-14-3-2-11-16(21-14)22-17(20-11)27(24)10-12-15(18)13(4-5-19-12)23-6-8-26-9-7-23;/h2*2-5H,6-10H2,1H3;/q2*-1;+2/t2*27-;/m11./s1. The van der Waals surface area contributed by atoms with E-state index in [0.29, 0.717) is 81.9 Å². The summed E-state index contributed by atoms with van der Waals surface area (Å²) >= 11 is 13.1. The summed E-state index contributed by atoms with van der Waals surface area (Å²) in [5.41, 5.74) is 4.80. The number of methoxy groups -OCH3 is 2. The van der Waals surface area contributed by atoms with E-state index < -0.39 is 21.6 Å². The molecule has 2 fully saturated rings. The van der Waals surface area contributed by atoms with Gasteiger partial charge in [0.25, 0.3) is 0 Å². The number of aromatic nitrogens is 8. The first kappa shape index (κ1) is 41.0. The minimum absolute atomic E-state index is 0. The predicted octanol–water partition coefficient (Wildman–Crippen LogP) is 3.20. The number of morpholine rings is 2. The third-order valence-corrected chi connectivity index (χ3v) is 11.5. The minimum Gasteiger partial charge on any atom is -0.493 e. The first-order valence-corrected chi connectivity index (χ1v) is 20.1. The predicted molar refractivity (Wildman–Crippen MR) is 209 cm³/mol. The van der Waals surface area contributed by atoms with Gasteiger partial charge in [0.15, 0.2) is 0 Å². The van der Waals surface area contributed by atoms with Crippen LogP contribution in [-0.4, -0.2) is 128 Å². The Bertz CT molecular complexity index is 2150. The Kier molecular flexibility index (Phi) is 14.1. The third kappa shape index (κ3) is 9.65. The van der Waals surface area contributed by atoms with Gasteiger partial charge in [-0.3, -0.25) is 18.4 Å². The Balaban J connectivity index is 0.000000184. The number of nitrogens with zero attached hydrogens (tertiary/aromatic N) is 10. The molecule has 0 amide bonds. The maximum absolute atomic E-state index is 12.8. The number of halogens is 2. The van der Waals surface area contributed by atoms with E-state index in [9.17, 15) is 8.42 Å². The number of hydrogen-bond acceptors (Lipinski definition) is 14. The second kappa shape index (κ2) is 19.0. The number of fused-ring (bicyclic) bond motifs is 2. The summed E-state index contributed by atoms with van der Waals surface area (Å²) in [6.45, 7) is 5.67. The van der Waals surface area contributed by atoms with Crippen LogP contribution in [0.1, 0.15) is 11.4 Å². The normalized spacial score (nSPS) is 15.6. The van der Waals surface area contributed by atoms with Gasteiger partial charge in [-0.25, -0.2) is 0 Å². The van der Waals surface area contributed by atoms with Crippen LogP contribution in [0, 0.1) is 0 Å². The summed E-state index contributed by atoms with van der Waals surface area (Å²) in [4.78, 5) is 38.4. The maximum Gasteiger partial charge on any atom is 2.00 e. The Hall–Kier alpha value is -3.69. The Morgan fingerprint density at radius 3 is 1.44 bits per heavy atom. The van der Waals surface area contributed by atoms with Gasteiger partial charge < -0.3 is 58.7 Å². The van der Waals surface area contributed by atoms with Crippen LogP contribution in [0.15, 0.2) is 59.1 Å². The number of hydrogen-bond donors (Lipinski definition) is 0. The fraction of sp³-hybridized carbons (Fsp3) is 0.353. The summed E-state index contributed by atoms with van der Waals surface area (Å²) < 4.78 is 46.5. The summed E-state index contributed by atoms with van der Waals surface area (Å²) in [6, 6.07) is 10.6. The van der Waals surface area contributed by atoms with E-state index in [1.54, 1.807) is 36.7 Å². The van der Waals surface area contributed by atoms with E-state index in [1.165, 1.54) is 14.2 Å². The van der Waals surface area contributed by atoms with Crippen LogP contribution in [0.25, 0.3) is 22.3 Å². The molecular formula is C34H34Cl2MgN10O6S2. The van der Waals surface area contributed by atoms with Gasteiger partial charge >= 0.3 is 23.1 Å². The molecular weight excluding hydrogens is 804 g/mol. The molecule has 21 heteroatoms. The molecule has 0 saturated carbocycles. The zero-order valence-corrected chi connectivity index (χ0v) is 34.5. The molecule has 55 heavy (non-hydrogen) atoms. The van der Waals surface area contributed by atoms with Crippen molar-refractivity contribution in [2.24, 2.45) is 0 Å². The summed E-state index contributed by atoms with van der Waals surface area (Å²) in [5.74, 6) is 1.12. The molecule has 0 aliphatic carbocycles. The molecule has 0 unspecified atom stereocenters. The van der Waals surface area contributed by atoms with Crippen LogP contribution < -0.4 is 29.2 Å². The van der Waals surface area contributed by atoms with Gasteiger partial charge in [0.2, 0.25) is 0 Å². The SMILES string of the molecule is COc1ccc2nc([S@](=O)Cc3nccc(N4CCOCC4)c3Cl)[n-]c2n1.COc1ccc2nc([S@](=O)Cc3nccc(N4CCOCC4)c3Cl)[n-]c2n1.[Mg+2]. The number of rotatable bonds is 10. The molecule has 0 N–H and O–H groups in total. The molecule has 0 radical (unpaired) electrons. The molecule has 6 aromatic rings. The zero-order chi connectivity index (χ0) is 37.6. The summed E-state index contributed by atoms with van der Waals surface area (Å²) in [5, 5.41) is 1.42. The van der Waals surface area contributed by atoms with E-state index >= 15 is 0 Å². The van der Waals surface area contributed by atoms with Crippen molar-refractivity contribution in [3.63, 3.8) is 0 Å². The molecule has 6 aromatic heterocycles. The fourth-order valence-corrected chi connectivity index (χ4v) is 8.41. The van der Waals surface area contributed by atoms with Gasteiger partial charge in [-0.1, -0.05) is 23.2 Å². The van der Waals surface area contributed by atoms with Crippen molar-refractivity contribution in [2.45, 2.75) is 21.8 Å². The van der Waals surface area contributed by atoms with Crippen molar-refractivity contribution in [2.75, 3.05) is 76.6 Å². The largest absolute Gasteiger partial charge is 2.00 e. The van der Waals surface area contributed by atoms with E-state index in [2.05, 4.69) is 49.7 Å². The first-order chi connectivity index (χ1) is 26.3. The van der Waals surface area contributed by atoms with Crippen molar-refractivity contribution in [1.29, 1.82) is 0 Å². The van der Waals surface area contributed by atoms with Crippen LogP contribution in [0.2, 0.25) is 10.0 Å². The molecule has 0 bridgehead atoms. The van der Waals surface area contributed by atoms with Crippen molar-refractivity contribution in [1.82, 2.24) is 39.9 Å². The number of anilines is 2. The van der Waals surface area contributed by atoms with E-state index in [0.717, 1.165) is 37.6 Å². The molecule has 16 nitrogen and oxygen atoms in total. The van der Waals surface area contributed by atoms with E-state index in [-0.39, 0.29) is 44.9 Å². The number of pyridine rings is 4. The van der Waals surface area contributed by atoms with Crippen LogP contribution in [-0.2, 0) is 42.6 Å². The van der Waals surface area contributed by atoms with Gasteiger partial charge in [-0.2, -0.15) is 0 Å². The van der Waals surface area contributed by atoms with Crippen LogP contribution >= 0.6 is 23.2 Å². The van der Waals surface area contributed by atoms with E-state index in [1.807, 2.05) is 12.1 Å². The van der Waals surface area contributed by atoms with Crippen LogP contribution in [0.3, 0.4) is 0 Å². The van der Waals surface area contributed by atoms with Crippen molar-refractivity contribution >= 4 is 102 Å². The molecule has 0 spiro atoms. The van der Waals surface area contributed by atoms with Crippen molar-refractivity contribution in [3.05, 3.63) is 70.2 Å². The molecule has 2 aliphatic rings. The first-order valence-electron chi connectivity index (χ1n) is 16.7. The topological polar surface area (TPSA) is 183 Å². The second-order valence-corrected chi connectivity index (χ2v) is 15.2. The number of ether oxygens (including phenoxy) is 4. The van der Waals surface area contributed by atoms with Gasteiger partial charge in [0, 0.05) is 60.9 Å². The molecule has 8 heterocycles. The minimum atomic E-state index is -1.49. The Morgan fingerprint density at radius 1 is 0.655 bits per heavy atom. The number of imidazole rings is 2. The van der Waals surface area contributed by atoms with Gasteiger partial charge in [0.1, 0.15) is 11.8 Å². The van der Waals surface area contributed by atoms with Gasteiger partial charge in [0.05, 0.1) is 117 Å². The molecule has 284 valence electrons. The molecule has 8 rings (SSSR count). The van der Waals surface area contributed by atoms with Crippen LogP contribution in [0.5, 0.6) is 11.8 Å². The van der Waals surface area contributed by atoms with E-state index in [4.69, 9.17) is 42.1 Å². The maximum atomic E-state index is 12.8. The van der Waals surface area contributed by atoms with Gasteiger partial charge in [-0.05, 0) is 36.4 Å². The van der Waals surface area contributed by atoms with Crippen molar-refractivity contribution < 1.29 is 27.4 Å². The quantitative estimate of drug-likeness (QED) is 0.183. The monoisotopic (exact) mass is 836 g/mol. The molecule has 2 aliphatic heterocycles. The summed E-state index contributed by atoms with van der Waals surface area (Å²) in [7, 11) is 0.0685. The summed E-state index contributed by atoms with van der Waals surface area (Å²) in [6.07, 6.45) is 3.36.